The molecule has 27 heavy (non-hydrogen) atoms. The van der Waals surface area contributed by atoms with Gasteiger partial charge in [0.25, 0.3) is 5.56 Å². The number of aromatic nitrogens is 2. The smallest absolute Gasteiger partial charge is 0.275 e. The third-order valence-electron chi connectivity index (χ3n) is 4.13. The van der Waals surface area contributed by atoms with Gasteiger partial charge in [0.2, 0.25) is 5.91 Å². The number of carbonyl (C=O) groups is 1. The van der Waals surface area contributed by atoms with E-state index in [0.29, 0.717) is 11.9 Å². The molecule has 3 aromatic rings. The first kappa shape index (κ1) is 18.6. The van der Waals surface area contributed by atoms with E-state index in [2.05, 4.69) is 10.4 Å². The molecule has 1 amide bonds. The number of nitrogens with one attached hydrogen (secondary N) is 1. The van der Waals surface area contributed by atoms with E-state index in [1.54, 1.807) is 12.1 Å². The van der Waals surface area contributed by atoms with Gasteiger partial charge in [-0.3, -0.25) is 9.59 Å². The number of ether oxygens (including phenoxy) is 1. The zero-order valence-electron chi connectivity index (χ0n) is 15.7. The van der Waals surface area contributed by atoms with Crippen LogP contribution in [-0.4, -0.2) is 21.8 Å². The van der Waals surface area contributed by atoms with Gasteiger partial charge in [0.05, 0.1) is 17.2 Å². The van der Waals surface area contributed by atoms with Gasteiger partial charge in [-0.2, -0.15) is 5.10 Å². The molecule has 0 bridgehead atoms. The molecule has 0 spiro atoms. The van der Waals surface area contributed by atoms with Crippen molar-refractivity contribution in [1.29, 1.82) is 0 Å². The maximum atomic E-state index is 12.5. The van der Waals surface area contributed by atoms with Crippen LogP contribution in [0.4, 0.5) is 0 Å². The lowest BCUT2D eigenvalue weighted by Gasteiger charge is -2.11. The highest BCUT2D eigenvalue weighted by Crippen LogP contribution is 2.14. The number of rotatable bonds is 6. The molecular weight excluding hydrogens is 342 g/mol. The van der Waals surface area contributed by atoms with Crippen LogP contribution in [0.5, 0.6) is 5.75 Å². The molecule has 6 heteroatoms. The van der Waals surface area contributed by atoms with Gasteiger partial charge in [-0.15, -0.1) is 0 Å². The normalized spacial score (nSPS) is 11.0. The summed E-state index contributed by atoms with van der Waals surface area (Å²) in [5.41, 5.74) is 1.41. The van der Waals surface area contributed by atoms with Crippen LogP contribution in [0.15, 0.2) is 53.3 Å². The lowest BCUT2D eigenvalue weighted by atomic mass is 10.1. The summed E-state index contributed by atoms with van der Waals surface area (Å²) in [6.45, 7) is 6.04. The van der Waals surface area contributed by atoms with Crippen LogP contribution >= 0.6 is 0 Å². The minimum atomic E-state index is -0.262. The zero-order valence-corrected chi connectivity index (χ0v) is 15.7. The molecular formula is C21H23N3O3. The Morgan fingerprint density at radius 3 is 2.44 bits per heavy atom. The standard InChI is InChI=1S/C21H23N3O3/c1-14(2)27-17-10-8-16(9-11-17)12-22-20(25)13-24-21(26)19-7-5-4-6-18(19)15(3)23-24/h4-11,14H,12-13H2,1-3H3,(H,22,25). The predicted octanol–water partition coefficient (Wildman–Crippen LogP) is 2.81. The lowest BCUT2D eigenvalue weighted by Crippen LogP contribution is -2.33. The fourth-order valence-corrected chi connectivity index (χ4v) is 2.86. The van der Waals surface area contributed by atoms with Gasteiger partial charge in [-0.1, -0.05) is 30.3 Å². The third kappa shape index (κ3) is 4.53. The summed E-state index contributed by atoms with van der Waals surface area (Å²) in [7, 11) is 0. The van der Waals surface area contributed by atoms with Crippen molar-refractivity contribution in [3.8, 4) is 5.75 Å². The number of nitrogens with zero attached hydrogens (tertiary/aromatic N) is 2. The van der Waals surface area contributed by atoms with Crippen molar-refractivity contribution in [2.24, 2.45) is 0 Å². The molecule has 0 saturated heterocycles. The summed E-state index contributed by atoms with van der Waals surface area (Å²) in [5.74, 6) is 0.532. The maximum Gasteiger partial charge on any atom is 0.275 e. The molecule has 1 heterocycles. The van der Waals surface area contributed by atoms with Crippen molar-refractivity contribution in [2.75, 3.05) is 0 Å². The minimum absolute atomic E-state index is 0.112. The number of aryl methyl sites for hydroxylation is 1. The molecule has 0 radical (unpaired) electrons. The Bertz CT molecular complexity index is 1010. The molecule has 0 saturated carbocycles. The van der Waals surface area contributed by atoms with Crippen molar-refractivity contribution < 1.29 is 9.53 Å². The van der Waals surface area contributed by atoms with E-state index in [0.717, 1.165) is 22.4 Å². The average Bonchev–Trinajstić information content (AvgIpc) is 2.65. The van der Waals surface area contributed by atoms with E-state index >= 15 is 0 Å². The van der Waals surface area contributed by atoms with Crippen LogP contribution in [0, 0.1) is 6.92 Å². The highest BCUT2D eigenvalue weighted by atomic mass is 16.5. The molecule has 0 aliphatic rings. The molecule has 0 unspecified atom stereocenters. The van der Waals surface area contributed by atoms with Gasteiger partial charge in [0.15, 0.2) is 0 Å². The highest BCUT2D eigenvalue weighted by Gasteiger charge is 2.10. The summed E-state index contributed by atoms with van der Waals surface area (Å²) >= 11 is 0. The van der Waals surface area contributed by atoms with Crippen LogP contribution in [0.3, 0.4) is 0 Å². The summed E-state index contributed by atoms with van der Waals surface area (Å²) in [6, 6.07) is 14.8. The fraction of sp³-hybridized carbons (Fsp3) is 0.286. The molecule has 0 aliphatic carbocycles. The average molecular weight is 365 g/mol. The van der Waals surface area contributed by atoms with Crippen LogP contribution in [-0.2, 0) is 17.9 Å². The number of carbonyl (C=O) groups excluding carboxylic acids is 1. The van der Waals surface area contributed by atoms with E-state index < -0.39 is 0 Å². The second-order valence-corrected chi connectivity index (χ2v) is 6.68. The van der Waals surface area contributed by atoms with E-state index in [1.807, 2.05) is 57.2 Å². The first-order chi connectivity index (χ1) is 12.9. The number of benzene rings is 2. The Hall–Kier alpha value is -3.15. The number of hydrogen-bond donors (Lipinski definition) is 1. The third-order valence-corrected chi connectivity index (χ3v) is 4.13. The van der Waals surface area contributed by atoms with Crippen LogP contribution in [0.1, 0.15) is 25.1 Å². The van der Waals surface area contributed by atoms with Crippen molar-refractivity contribution in [1.82, 2.24) is 15.1 Å². The van der Waals surface area contributed by atoms with Crippen molar-refractivity contribution in [3.63, 3.8) is 0 Å². The van der Waals surface area contributed by atoms with Gasteiger partial charge in [-0.05, 0) is 44.5 Å². The van der Waals surface area contributed by atoms with E-state index in [1.165, 1.54) is 4.68 Å². The Morgan fingerprint density at radius 1 is 1.11 bits per heavy atom. The van der Waals surface area contributed by atoms with Crippen molar-refractivity contribution in [2.45, 2.75) is 40.0 Å². The van der Waals surface area contributed by atoms with Gasteiger partial charge in [0, 0.05) is 11.9 Å². The van der Waals surface area contributed by atoms with Crippen molar-refractivity contribution >= 4 is 16.7 Å². The van der Waals surface area contributed by atoms with Crippen LogP contribution in [0.25, 0.3) is 10.8 Å². The zero-order chi connectivity index (χ0) is 19.4. The summed E-state index contributed by atoms with van der Waals surface area (Å²) in [5, 5.41) is 8.46. The first-order valence-corrected chi connectivity index (χ1v) is 8.93. The molecule has 0 aliphatic heterocycles. The Balaban J connectivity index is 1.65. The van der Waals surface area contributed by atoms with Gasteiger partial charge < -0.3 is 10.1 Å². The summed E-state index contributed by atoms with van der Waals surface area (Å²) in [6.07, 6.45) is 0.117. The molecule has 0 atom stereocenters. The topological polar surface area (TPSA) is 73.2 Å². The second kappa shape index (κ2) is 8.03. The maximum absolute atomic E-state index is 12.5. The monoisotopic (exact) mass is 365 g/mol. The number of amides is 1. The van der Waals surface area contributed by atoms with E-state index in [4.69, 9.17) is 4.74 Å². The van der Waals surface area contributed by atoms with Gasteiger partial charge in [-0.25, -0.2) is 4.68 Å². The molecule has 2 aromatic carbocycles. The molecule has 1 N–H and O–H groups in total. The number of fused-ring (bicyclic) bond motifs is 1. The van der Waals surface area contributed by atoms with E-state index in [-0.39, 0.29) is 24.1 Å². The van der Waals surface area contributed by atoms with Gasteiger partial charge in [0.1, 0.15) is 12.3 Å². The van der Waals surface area contributed by atoms with Crippen LogP contribution < -0.4 is 15.6 Å². The summed E-state index contributed by atoms with van der Waals surface area (Å²) < 4.78 is 6.81. The molecule has 1 aromatic heterocycles. The molecule has 140 valence electrons. The molecule has 3 rings (SSSR count). The predicted molar refractivity (Wildman–Crippen MR) is 105 cm³/mol. The Morgan fingerprint density at radius 2 is 1.78 bits per heavy atom. The van der Waals surface area contributed by atoms with Crippen LogP contribution in [0.2, 0.25) is 0 Å². The van der Waals surface area contributed by atoms with Crippen molar-refractivity contribution in [3.05, 3.63) is 70.1 Å². The lowest BCUT2D eigenvalue weighted by molar-refractivity contribution is -0.122. The largest absolute Gasteiger partial charge is 0.491 e. The number of hydrogen-bond acceptors (Lipinski definition) is 4. The first-order valence-electron chi connectivity index (χ1n) is 8.93. The quantitative estimate of drug-likeness (QED) is 0.729. The minimum Gasteiger partial charge on any atom is -0.491 e. The molecule has 0 fully saturated rings. The highest BCUT2D eigenvalue weighted by molar-refractivity contribution is 5.83. The Kier molecular flexibility index (Phi) is 5.54. The van der Waals surface area contributed by atoms with E-state index in [9.17, 15) is 9.59 Å². The second-order valence-electron chi connectivity index (χ2n) is 6.68. The Labute approximate surface area is 157 Å². The SMILES string of the molecule is Cc1nn(CC(=O)NCc2ccc(OC(C)C)cc2)c(=O)c2ccccc12. The molecule has 6 nitrogen and oxygen atoms in total. The summed E-state index contributed by atoms with van der Waals surface area (Å²) in [4.78, 5) is 24.8. The fourth-order valence-electron chi connectivity index (χ4n) is 2.86. The van der Waals surface area contributed by atoms with Gasteiger partial charge >= 0.3 is 0 Å².